The molecule has 0 N–H and O–H groups in total. The molecule has 0 fully saturated rings. The standard InChI is InChI=1S/C10H10N2/c1-2-8-12(9-3-1)10-4-6-11-7-5-10/h2-9H,1H2. The fourth-order valence-corrected chi connectivity index (χ4v) is 1.17. The van der Waals surface area contributed by atoms with Crippen molar-refractivity contribution in [2.24, 2.45) is 0 Å². The molecule has 1 aliphatic rings. The minimum Gasteiger partial charge on any atom is -0.324 e. The van der Waals surface area contributed by atoms with Crippen LogP contribution < -0.4 is 4.90 Å². The molecule has 0 atom stereocenters. The Morgan fingerprint density at radius 2 is 1.75 bits per heavy atom. The molecule has 1 aromatic heterocycles. The molecule has 2 nitrogen and oxygen atoms in total. The molecular weight excluding hydrogens is 148 g/mol. The third kappa shape index (κ3) is 1.37. The zero-order valence-corrected chi connectivity index (χ0v) is 6.72. The highest BCUT2D eigenvalue weighted by atomic mass is 15.1. The van der Waals surface area contributed by atoms with Gasteiger partial charge in [0.1, 0.15) is 0 Å². The molecule has 0 amide bonds. The van der Waals surface area contributed by atoms with Crippen molar-refractivity contribution in [3.8, 4) is 0 Å². The number of hydrogen-bond acceptors (Lipinski definition) is 2. The SMILES string of the molecule is C1=CN(c2ccncc2)C=CC1. The number of aromatic nitrogens is 1. The van der Waals surface area contributed by atoms with Crippen molar-refractivity contribution in [1.82, 2.24) is 4.98 Å². The summed E-state index contributed by atoms with van der Waals surface area (Å²) in [4.78, 5) is 6.04. The first-order valence-corrected chi connectivity index (χ1v) is 3.98. The molecule has 0 unspecified atom stereocenters. The summed E-state index contributed by atoms with van der Waals surface area (Å²) < 4.78 is 0. The van der Waals surface area contributed by atoms with Crippen molar-refractivity contribution in [2.75, 3.05) is 4.90 Å². The van der Waals surface area contributed by atoms with Gasteiger partial charge in [0.15, 0.2) is 0 Å². The summed E-state index contributed by atoms with van der Waals surface area (Å²) >= 11 is 0. The molecule has 2 heteroatoms. The molecule has 0 spiro atoms. The van der Waals surface area contributed by atoms with E-state index in [4.69, 9.17) is 0 Å². The Balaban J connectivity index is 2.25. The summed E-state index contributed by atoms with van der Waals surface area (Å²) in [6.45, 7) is 0. The maximum Gasteiger partial charge on any atom is 0.0479 e. The van der Waals surface area contributed by atoms with Crippen molar-refractivity contribution >= 4 is 5.69 Å². The van der Waals surface area contributed by atoms with Gasteiger partial charge in [-0.05, 0) is 18.6 Å². The molecule has 0 aliphatic carbocycles. The Bertz CT molecular complexity index is 289. The lowest BCUT2D eigenvalue weighted by Gasteiger charge is -2.17. The molecule has 12 heavy (non-hydrogen) atoms. The summed E-state index contributed by atoms with van der Waals surface area (Å²) in [6.07, 6.45) is 13.0. The molecule has 2 rings (SSSR count). The second kappa shape index (κ2) is 3.22. The highest BCUT2D eigenvalue weighted by Gasteiger charge is 1.98. The van der Waals surface area contributed by atoms with Gasteiger partial charge in [-0.15, -0.1) is 0 Å². The molecule has 0 aromatic carbocycles. The quantitative estimate of drug-likeness (QED) is 0.623. The average Bonchev–Trinajstić information content (AvgIpc) is 2.21. The monoisotopic (exact) mass is 158 g/mol. The van der Waals surface area contributed by atoms with E-state index in [1.54, 1.807) is 12.4 Å². The van der Waals surface area contributed by atoms with Crippen LogP contribution >= 0.6 is 0 Å². The van der Waals surface area contributed by atoms with Crippen LogP contribution in [0.1, 0.15) is 6.42 Å². The van der Waals surface area contributed by atoms with Gasteiger partial charge in [-0.1, -0.05) is 12.2 Å². The minimum absolute atomic E-state index is 1.03. The Hall–Kier alpha value is -1.57. The average molecular weight is 158 g/mol. The van der Waals surface area contributed by atoms with Crippen LogP contribution in [0.15, 0.2) is 49.1 Å². The molecule has 1 aliphatic heterocycles. The Morgan fingerprint density at radius 3 is 2.42 bits per heavy atom. The fourth-order valence-electron chi connectivity index (χ4n) is 1.17. The zero-order chi connectivity index (χ0) is 8.23. The lowest BCUT2D eigenvalue weighted by Crippen LogP contribution is -2.08. The lowest BCUT2D eigenvalue weighted by molar-refractivity contribution is 1.17. The normalized spacial score (nSPS) is 15.2. The van der Waals surface area contributed by atoms with E-state index < -0.39 is 0 Å². The van der Waals surface area contributed by atoms with E-state index in [0.29, 0.717) is 0 Å². The fraction of sp³-hybridized carbons (Fsp3) is 0.100. The first-order chi connectivity index (χ1) is 5.97. The predicted molar refractivity (Wildman–Crippen MR) is 49.6 cm³/mol. The summed E-state index contributed by atoms with van der Waals surface area (Å²) in [6, 6.07) is 3.97. The van der Waals surface area contributed by atoms with Gasteiger partial charge in [-0.2, -0.15) is 0 Å². The Labute approximate surface area is 71.9 Å². The van der Waals surface area contributed by atoms with Crippen LogP contribution in [0.4, 0.5) is 5.69 Å². The smallest absolute Gasteiger partial charge is 0.0479 e. The van der Waals surface area contributed by atoms with Crippen molar-refractivity contribution in [3.63, 3.8) is 0 Å². The van der Waals surface area contributed by atoms with E-state index in [1.165, 1.54) is 0 Å². The molecule has 0 bridgehead atoms. The lowest BCUT2D eigenvalue weighted by atomic mass is 10.3. The Morgan fingerprint density at radius 1 is 1.08 bits per heavy atom. The number of allylic oxidation sites excluding steroid dienone is 2. The van der Waals surface area contributed by atoms with E-state index in [2.05, 4.69) is 34.4 Å². The van der Waals surface area contributed by atoms with E-state index >= 15 is 0 Å². The van der Waals surface area contributed by atoms with Crippen LogP contribution in [0.2, 0.25) is 0 Å². The van der Waals surface area contributed by atoms with Gasteiger partial charge >= 0.3 is 0 Å². The minimum atomic E-state index is 1.03. The van der Waals surface area contributed by atoms with Crippen molar-refractivity contribution in [2.45, 2.75) is 6.42 Å². The number of anilines is 1. The van der Waals surface area contributed by atoms with Crippen LogP contribution in [0.25, 0.3) is 0 Å². The third-order valence-corrected chi connectivity index (χ3v) is 1.77. The van der Waals surface area contributed by atoms with Gasteiger partial charge in [-0.3, -0.25) is 4.98 Å². The Kier molecular flexibility index (Phi) is 1.90. The molecular formula is C10H10N2. The van der Waals surface area contributed by atoms with Gasteiger partial charge < -0.3 is 4.90 Å². The summed E-state index contributed by atoms with van der Waals surface area (Å²) in [7, 11) is 0. The van der Waals surface area contributed by atoms with Crippen molar-refractivity contribution in [1.29, 1.82) is 0 Å². The van der Waals surface area contributed by atoms with Gasteiger partial charge in [0, 0.05) is 30.5 Å². The van der Waals surface area contributed by atoms with E-state index in [9.17, 15) is 0 Å². The molecule has 60 valence electrons. The van der Waals surface area contributed by atoms with Crippen LogP contribution in [0.3, 0.4) is 0 Å². The number of pyridine rings is 1. The topological polar surface area (TPSA) is 16.1 Å². The maximum absolute atomic E-state index is 3.97. The van der Waals surface area contributed by atoms with Gasteiger partial charge in [0.05, 0.1) is 0 Å². The van der Waals surface area contributed by atoms with E-state index in [1.807, 2.05) is 12.1 Å². The predicted octanol–water partition coefficient (Wildman–Crippen LogP) is 2.32. The molecule has 0 saturated carbocycles. The van der Waals surface area contributed by atoms with Crippen LogP contribution in [-0.2, 0) is 0 Å². The van der Waals surface area contributed by atoms with Gasteiger partial charge in [0.2, 0.25) is 0 Å². The zero-order valence-electron chi connectivity index (χ0n) is 6.72. The highest BCUT2D eigenvalue weighted by molar-refractivity contribution is 5.51. The molecule has 0 radical (unpaired) electrons. The highest BCUT2D eigenvalue weighted by Crippen LogP contribution is 2.15. The first kappa shape index (κ1) is 7.10. The molecule has 0 saturated heterocycles. The summed E-state index contributed by atoms with van der Waals surface area (Å²) in [5.74, 6) is 0. The number of hydrogen-bond donors (Lipinski definition) is 0. The van der Waals surface area contributed by atoms with Crippen LogP contribution in [-0.4, -0.2) is 4.98 Å². The third-order valence-electron chi connectivity index (χ3n) is 1.77. The number of nitrogens with zero attached hydrogens (tertiary/aromatic N) is 2. The largest absolute Gasteiger partial charge is 0.324 e. The van der Waals surface area contributed by atoms with E-state index in [0.717, 1.165) is 12.1 Å². The van der Waals surface area contributed by atoms with E-state index in [-0.39, 0.29) is 0 Å². The second-order valence-electron chi connectivity index (χ2n) is 2.62. The number of rotatable bonds is 1. The van der Waals surface area contributed by atoms with Crippen molar-refractivity contribution < 1.29 is 0 Å². The van der Waals surface area contributed by atoms with Gasteiger partial charge in [-0.25, -0.2) is 0 Å². The second-order valence-corrected chi connectivity index (χ2v) is 2.62. The van der Waals surface area contributed by atoms with Gasteiger partial charge in [0.25, 0.3) is 0 Å². The van der Waals surface area contributed by atoms with Crippen LogP contribution in [0.5, 0.6) is 0 Å². The van der Waals surface area contributed by atoms with Crippen LogP contribution in [0, 0.1) is 0 Å². The first-order valence-electron chi connectivity index (χ1n) is 3.98. The molecule has 2 heterocycles. The maximum atomic E-state index is 3.97. The summed E-state index contributed by atoms with van der Waals surface area (Å²) in [5, 5.41) is 0. The summed E-state index contributed by atoms with van der Waals surface area (Å²) in [5.41, 5.74) is 1.15. The molecule has 1 aromatic rings. The van der Waals surface area contributed by atoms with Crippen molar-refractivity contribution in [3.05, 3.63) is 49.1 Å².